The van der Waals surface area contributed by atoms with Crippen LogP contribution >= 0.6 is 11.3 Å². The van der Waals surface area contributed by atoms with Crippen LogP contribution in [0.5, 0.6) is 0 Å². The van der Waals surface area contributed by atoms with Gasteiger partial charge in [0, 0.05) is 40.2 Å². The molecule has 0 saturated carbocycles. The number of nitrogens with one attached hydrogen (secondary N) is 3. The number of benzene rings is 1. The van der Waals surface area contributed by atoms with Crippen molar-refractivity contribution in [1.29, 1.82) is 0 Å². The van der Waals surface area contributed by atoms with Gasteiger partial charge in [0.25, 0.3) is 5.91 Å². The number of thiophene rings is 1. The summed E-state index contributed by atoms with van der Waals surface area (Å²) in [6.07, 6.45) is 6.90. The van der Waals surface area contributed by atoms with Gasteiger partial charge in [0.05, 0.1) is 27.7 Å². The lowest BCUT2D eigenvalue weighted by molar-refractivity contribution is 0.102. The number of H-pyrrole nitrogens is 2. The number of hydrogen-bond donors (Lipinski definition) is 3. The Bertz CT molecular complexity index is 1990. The first kappa shape index (κ1) is 22.9. The van der Waals surface area contributed by atoms with E-state index in [1.807, 2.05) is 36.4 Å². The van der Waals surface area contributed by atoms with Crippen LogP contribution in [0.4, 0.5) is 5.69 Å². The van der Waals surface area contributed by atoms with Gasteiger partial charge in [-0.2, -0.15) is 5.10 Å². The van der Waals surface area contributed by atoms with Gasteiger partial charge >= 0.3 is 0 Å². The highest BCUT2D eigenvalue weighted by Gasteiger charge is 2.18. The number of aromatic amines is 2. The predicted molar refractivity (Wildman–Crippen MR) is 152 cm³/mol. The van der Waals surface area contributed by atoms with E-state index in [2.05, 4.69) is 54.5 Å². The maximum atomic E-state index is 12.6. The molecule has 1 amide bonds. The van der Waals surface area contributed by atoms with Crippen LogP contribution in [0.3, 0.4) is 0 Å². The average molecular weight is 529 g/mol. The fraction of sp³-hybridized carbons (Fsp3) is 0.0345. The van der Waals surface area contributed by atoms with Crippen LogP contribution in [-0.4, -0.2) is 41.0 Å². The number of nitrogens with zero attached hydrogens (tertiary/aromatic N) is 5. The maximum Gasteiger partial charge on any atom is 0.255 e. The van der Waals surface area contributed by atoms with E-state index in [9.17, 15) is 4.79 Å². The number of amides is 1. The van der Waals surface area contributed by atoms with Gasteiger partial charge in [-0.1, -0.05) is 18.2 Å². The number of aryl methyl sites for hydroxylation is 1. The highest BCUT2D eigenvalue weighted by Crippen LogP contribution is 2.34. The van der Waals surface area contributed by atoms with E-state index in [-0.39, 0.29) is 5.91 Å². The van der Waals surface area contributed by atoms with Gasteiger partial charge in [0.2, 0.25) is 0 Å². The Kier molecular flexibility index (Phi) is 5.45. The summed E-state index contributed by atoms with van der Waals surface area (Å²) in [7, 11) is 0. The Morgan fingerprint density at radius 1 is 0.923 bits per heavy atom. The highest BCUT2D eigenvalue weighted by molar-refractivity contribution is 7.15. The van der Waals surface area contributed by atoms with Crippen molar-refractivity contribution >= 4 is 45.0 Å². The summed E-state index contributed by atoms with van der Waals surface area (Å²) < 4.78 is 0. The topological polar surface area (TPSA) is 125 Å². The maximum absolute atomic E-state index is 12.6. The van der Waals surface area contributed by atoms with Gasteiger partial charge < -0.3 is 10.3 Å². The number of imidazole rings is 1. The summed E-state index contributed by atoms with van der Waals surface area (Å²) in [5.74, 6) is 0.427. The van der Waals surface area contributed by atoms with Gasteiger partial charge in [-0.05, 0) is 49.4 Å². The largest absolute Gasteiger partial charge is 0.336 e. The highest BCUT2D eigenvalue weighted by atomic mass is 32.1. The van der Waals surface area contributed by atoms with Crippen LogP contribution in [0.15, 0.2) is 85.5 Å². The lowest BCUT2D eigenvalue weighted by Crippen LogP contribution is -2.11. The molecule has 10 heteroatoms. The van der Waals surface area contributed by atoms with E-state index in [0.29, 0.717) is 28.4 Å². The summed E-state index contributed by atoms with van der Waals surface area (Å²) in [6.45, 7) is 2.08. The zero-order chi connectivity index (χ0) is 26.3. The van der Waals surface area contributed by atoms with Crippen molar-refractivity contribution in [3.63, 3.8) is 0 Å². The molecule has 3 N–H and O–H groups in total. The minimum Gasteiger partial charge on any atom is -0.336 e. The van der Waals surface area contributed by atoms with Gasteiger partial charge in [0.15, 0.2) is 11.5 Å². The molecule has 7 rings (SSSR count). The molecule has 39 heavy (non-hydrogen) atoms. The number of carbonyl (C=O) groups is 1. The molecule has 0 atom stereocenters. The van der Waals surface area contributed by atoms with Crippen molar-refractivity contribution in [3.05, 3.63) is 95.9 Å². The summed E-state index contributed by atoms with van der Waals surface area (Å²) in [4.78, 5) is 36.7. The molecule has 0 fully saturated rings. The summed E-state index contributed by atoms with van der Waals surface area (Å²) in [6, 6.07) is 19.0. The molecule has 0 bridgehead atoms. The molecule has 6 heterocycles. The van der Waals surface area contributed by atoms with Crippen LogP contribution in [0.2, 0.25) is 0 Å². The molecule has 188 valence electrons. The third kappa shape index (κ3) is 4.22. The summed E-state index contributed by atoms with van der Waals surface area (Å²) in [5.41, 5.74) is 6.63. The molecule has 0 unspecified atom stereocenters. The first-order valence-corrected chi connectivity index (χ1v) is 13.0. The summed E-state index contributed by atoms with van der Waals surface area (Å²) >= 11 is 1.69. The molecule has 0 spiro atoms. The van der Waals surface area contributed by atoms with Gasteiger partial charge in [-0.3, -0.25) is 19.9 Å². The van der Waals surface area contributed by atoms with E-state index in [0.717, 1.165) is 38.1 Å². The van der Waals surface area contributed by atoms with E-state index in [4.69, 9.17) is 4.98 Å². The molecular weight excluding hydrogens is 508 g/mol. The minimum atomic E-state index is -0.197. The van der Waals surface area contributed by atoms with Crippen molar-refractivity contribution in [3.8, 4) is 33.2 Å². The van der Waals surface area contributed by atoms with E-state index in [1.54, 1.807) is 48.3 Å². The molecule has 0 saturated heterocycles. The second kappa shape index (κ2) is 9.26. The van der Waals surface area contributed by atoms with Crippen molar-refractivity contribution in [1.82, 2.24) is 35.1 Å². The zero-order valence-corrected chi connectivity index (χ0v) is 21.5. The third-order valence-electron chi connectivity index (χ3n) is 6.38. The van der Waals surface area contributed by atoms with Crippen molar-refractivity contribution in [2.45, 2.75) is 6.92 Å². The Labute approximate surface area is 226 Å². The van der Waals surface area contributed by atoms with Crippen LogP contribution in [0.25, 0.3) is 55.3 Å². The fourth-order valence-corrected chi connectivity index (χ4v) is 5.36. The molecule has 0 aliphatic rings. The number of hydrogen-bond acceptors (Lipinski definition) is 7. The molecule has 0 radical (unpaired) electrons. The average Bonchev–Trinajstić information content (AvgIpc) is 3.71. The number of anilines is 1. The lowest BCUT2D eigenvalue weighted by Gasteiger charge is -2.07. The Balaban J connectivity index is 1.25. The lowest BCUT2D eigenvalue weighted by atomic mass is 10.1. The zero-order valence-electron chi connectivity index (χ0n) is 20.6. The molecule has 1 aromatic carbocycles. The smallest absolute Gasteiger partial charge is 0.255 e. The van der Waals surface area contributed by atoms with E-state index < -0.39 is 0 Å². The molecule has 6 aromatic heterocycles. The number of fused-ring (bicyclic) bond motifs is 2. The third-order valence-corrected chi connectivity index (χ3v) is 7.39. The van der Waals surface area contributed by atoms with Crippen molar-refractivity contribution in [2.24, 2.45) is 0 Å². The number of aromatic nitrogens is 7. The number of pyridine rings is 3. The fourth-order valence-electron chi connectivity index (χ4n) is 4.49. The quantitative estimate of drug-likeness (QED) is 0.243. The standard InChI is InChI=1S/C29H20N8OS/c1-16-7-8-23(39-16)26-25-22(9-10-31-26)34-28(35-25)24-21-12-19(14-32-27(21)37-36-24)18-11-20(15-30-13-18)33-29(38)17-5-3-2-4-6-17/h2-15H,1H3,(H,33,38)(H,34,35)(H,32,36,37). The summed E-state index contributed by atoms with van der Waals surface area (Å²) in [5, 5.41) is 11.3. The minimum absolute atomic E-state index is 0.197. The second-order valence-corrected chi connectivity index (χ2v) is 10.3. The van der Waals surface area contributed by atoms with Crippen LogP contribution in [0, 0.1) is 6.92 Å². The Morgan fingerprint density at radius 3 is 2.64 bits per heavy atom. The van der Waals surface area contributed by atoms with Gasteiger partial charge in [-0.25, -0.2) is 9.97 Å². The van der Waals surface area contributed by atoms with Crippen molar-refractivity contribution < 1.29 is 4.79 Å². The van der Waals surface area contributed by atoms with Crippen LogP contribution in [-0.2, 0) is 0 Å². The monoisotopic (exact) mass is 528 g/mol. The van der Waals surface area contributed by atoms with Crippen molar-refractivity contribution in [2.75, 3.05) is 5.32 Å². The molecular formula is C29H20N8OS. The second-order valence-electron chi connectivity index (χ2n) is 9.03. The van der Waals surface area contributed by atoms with Gasteiger partial charge in [0.1, 0.15) is 16.9 Å². The predicted octanol–water partition coefficient (Wildman–Crippen LogP) is 6.25. The Morgan fingerprint density at radius 2 is 1.79 bits per heavy atom. The van der Waals surface area contributed by atoms with E-state index in [1.165, 1.54) is 4.88 Å². The molecule has 7 aromatic rings. The number of carbonyl (C=O) groups excluding carboxylic acids is 1. The van der Waals surface area contributed by atoms with E-state index >= 15 is 0 Å². The molecule has 0 aliphatic heterocycles. The van der Waals surface area contributed by atoms with Crippen LogP contribution < -0.4 is 5.32 Å². The first-order valence-electron chi connectivity index (χ1n) is 12.2. The van der Waals surface area contributed by atoms with Gasteiger partial charge in [-0.15, -0.1) is 11.3 Å². The normalized spacial score (nSPS) is 11.3. The molecule has 9 nitrogen and oxygen atoms in total. The van der Waals surface area contributed by atoms with Crippen LogP contribution in [0.1, 0.15) is 15.2 Å². The SMILES string of the molecule is Cc1ccc(-c2nccc3[nH]c(-c4n[nH]c5ncc(-c6cncc(NC(=O)c7ccccc7)c6)cc45)nc23)s1. The first-order chi connectivity index (χ1) is 19.1. The molecule has 0 aliphatic carbocycles. The number of rotatable bonds is 5. The Hall–Kier alpha value is -5.22.